The van der Waals surface area contributed by atoms with Gasteiger partial charge in [0.1, 0.15) is 5.82 Å². The molecule has 1 aromatic heterocycles. The second-order valence-corrected chi connectivity index (χ2v) is 4.75. The van der Waals surface area contributed by atoms with Crippen LogP contribution in [0.2, 0.25) is 0 Å². The highest BCUT2D eigenvalue weighted by atomic mass is 16.5. The van der Waals surface area contributed by atoms with E-state index < -0.39 is 0 Å². The summed E-state index contributed by atoms with van der Waals surface area (Å²) >= 11 is 0. The van der Waals surface area contributed by atoms with Crippen molar-refractivity contribution in [1.29, 1.82) is 0 Å². The Morgan fingerprint density at radius 3 is 2.90 bits per heavy atom. The average molecular weight is 278 g/mol. The van der Waals surface area contributed by atoms with Gasteiger partial charge in [0, 0.05) is 39.3 Å². The summed E-state index contributed by atoms with van der Waals surface area (Å²) in [6, 6.07) is 5.59. The van der Waals surface area contributed by atoms with E-state index in [0.717, 1.165) is 32.0 Å². The highest BCUT2D eigenvalue weighted by Gasteiger charge is 2.18. The predicted molar refractivity (Wildman–Crippen MR) is 78.1 cm³/mol. The number of anilines is 1. The minimum atomic E-state index is 0.137. The molecule has 0 radical (unpaired) electrons. The molecule has 2 rings (SSSR count). The lowest BCUT2D eigenvalue weighted by molar-refractivity contribution is -0.130. The number of nitrogens with one attached hydrogen (secondary N) is 1. The van der Waals surface area contributed by atoms with Gasteiger partial charge in [0.05, 0.1) is 13.2 Å². The van der Waals surface area contributed by atoms with Crippen LogP contribution in [-0.4, -0.2) is 62.2 Å². The Hall–Kier alpha value is -1.82. The Kier molecular flexibility index (Phi) is 5.17. The van der Waals surface area contributed by atoms with Gasteiger partial charge in [0.25, 0.3) is 0 Å². The second-order valence-electron chi connectivity index (χ2n) is 4.75. The van der Waals surface area contributed by atoms with Crippen LogP contribution in [0, 0.1) is 0 Å². The van der Waals surface area contributed by atoms with Crippen LogP contribution in [0.15, 0.2) is 18.2 Å². The zero-order valence-electron chi connectivity index (χ0n) is 12.1. The number of rotatable bonds is 5. The molecule has 0 unspecified atom stereocenters. The Bertz CT molecular complexity index is 447. The number of carbonyl (C=O) groups is 1. The largest absolute Gasteiger partial charge is 0.478 e. The van der Waals surface area contributed by atoms with E-state index >= 15 is 0 Å². The third-order valence-electron chi connectivity index (χ3n) is 3.23. The molecule has 1 N–H and O–H groups in total. The van der Waals surface area contributed by atoms with Gasteiger partial charge < -0.3 is 19.9 Å². The standard InChI is InChI=1S/C14H22N4O2/c1-3-20-13-6-4-5-12(16-13)17(2)11-14(19)18-9-7-15-8-10-18/h4-6,15H,3,7-11H2,1-2H3. The summed E-state index contributed by atoms with van der Waals surface area (Å²) in [6.45, 7) is 6.13. The minimum absolute atomic E-state index is 0.137. The fraction of sp³-hybridized carbons (Fsp3) is 0.571. The van der Waals surface area contributed by atoms with Gasteiger partial charge in [-0.15, -0.1) is 0 Å². The highest BCUT2D eigenvalue weighted by Crippen LogP contribution is 2.14. The molecule has 6 nitrogen and oxygen atoms in total. The summed E-state index contributed by atoms with van der Waals surface area (Å²) < 4.78 is 5.38. The van der Waals surface area contributed by atoms with Crippen molar-refractivity contribution >= 4 is 11.7 Å². The molecule has 0 saturated carbocycles. The summed E-state index contributed by atoms with van der Waals surface area (Å²) in [6.07, 6.45) is 0. The van der Waals surface area contributed by atoms with E-state index in [1.807, 2.05) is 42.0 Å². The van der Waals surface area contributed by atoms with Crippen molar-refractivity contribution in [1.82, 2.24) is 15.2 Å². The number of hydrogen-bond donors (Lipinski definition) is 1. The molecule has 2 heterocycles. The second kappa shape index (κ2) is 7.09. The lowest BCUT2D eigenvalue weighted by Crippen LogP contribution is -2.49. The van der Waals surface area contributed by atoms with Gasteiger partial charge in [-0.3, -0.25) is 4.79 Å². The van der Waals surface area contributed by atoms with E-state index in [1.54, 1.807) is 0 Å². The number of likely N-dealkylation sites (N-methyl/N-ethyl adjacent to an activating group) is 1. The molecule has 6 heteroatoms. The van der Waals surface area contributed by atoms with E-state index in [9.17, 15) is 4.79 Å². The van der Waals surface area contributed by atoms with Crippen LogP contribution < -0.4 is 15.0 Å². The first-order valence-corrected chi connectivity index (χ1v) is 7.00. The maximum absolute atomic E-state index is 12.2. The Labute approximate surface area is 119 Å². The van der Waals surface area contributed by atoms with E-state index in [1.165, 1.54) is 0 Å². The molecular formula is C14H22N4O2. The van der Waals surface area contributed by atoms with Gasteiger partial charge in [-0.2, -0.15) is 4.98 Å². The average Bonchev–Trinajstić information content (AvgIpc) is 2.48. The maximum atomic E-state index is 12.2. The molecule has 20 heavy (non-hydrogen) atoms. The van der Waals surface area contributed by atoms with Crippen LogP contribution >= 0.6 is 0 Å². The SMILES string of the molecule is CCOc1cccc(N(C)CC(=O)N2CCNCC2)n1. The molecule has 0 aliphatic carbocycles. The van der Waals surface area contributed by atoms with Gasteiger partial charge in [0.15, 0.2) is 0 Å². The van der Waals surface area contributed by atoms with Crippen LogP contribution in [0.4, 0.5) is 5.82 Å². The molecule has 1 fully saturated rings. The topological polar surface area (TPSA) is 57.7 Å². The zero-order chi connectivity index (χ0) is 14.4. The predicted octanol–water partition coefficient (Wildman–Crippen LogP) is 0.348. The minimum Gasteiger partial charge on any atom is -0.478 e. The molecule has 1 amide bonds. The lowest BCUT2D eigenvalue weighted by atomic mass is 10.3. The third-order valence-corrected chi connectivity index (χ3v) is 3.23. The molecule has 0 bridgehead atoms. The molecule has 0 spiro atoms. The number of amides is 1. The van der Waals surface area contributed by atoms with Crippen molar-refractivity contribution in [2.75, 3.05) is 51.3 Å². The van der Waals surface area contributed by atoms with Gasteiger partial charge in [-0.1, -0.05) is 6.07 Å². The zero-order valence-corrected chi connectivity index (χ0v) is 12.1. The fourth-order valence-corrected chi connectivity index (χ4v) is 2.14. The summed E-state index contributed by atoms with van der Waals surface area (Å²) in [7, 11) is 1.87. The van der Waals surface area contributed by atoms with Gasteiger partial charge in [0.2, 0.25) is 11.8 Å². The van der Waals surface area contributed by atoms with Crippen molar-refractivity contribution < 1.29 is 9.53 Å². The van der Waals surface area contributed by atoms with Crippen LogP contribution in [0.3, 0.4) is 0 Å². The molecule has 1 saturated heterocycles. The Morgan fingerprint density at radius 1 is 1.45 bits per heavy atom. The number of aromatic nitrogens is 1. The lowest BCUT2D eigenvalue weighted by Gasteiger charge is -2.29. The van der Waals surface area contributed by atoms with E-state index in [0.29, 0.717) is 19.0 Å². The summed E-state index contributed by atoms with van der Waals surface area (Å²) in [5, 5.41) is 3.24. The summed E-state index contributed by atoms with van der Waals surface area (Å²) in [5.41, 5.74) is 0. The summed E-state index contributed by atoms with van der Waals surface area (Å²) in [5.74, 6) is 1.48. The molecule has 0 aromatic carbocycles. The first kappa shape index (κ1) is 14.6. The van der Waals surface area contributed by atoms with Gasteiger partial charge in [-0.25, -0.2) is 0 Å². The first-order chi connectivity index (χ1) is 9.70. The summed E-state index contributed by atoms with van der Waals surface area (Å²) in [4.78, 5) is 20.3. The molecule has 110 valence electrons. The smallest absolute Gasteiger partial charge is 0.242 e. The van der Waals surface area contributed by atoms with E-state index in [-0.39, 0.29) is 5.91 Å². The molecule has 1 aromatic rings. The Balaban J connectivity index is 1.94. The van der Waals surface area contributed by atoms with E-state index in [4.69, 9.17) is 4.74 Å². The number of piperazine rings is 1. The molecule has 1 aliphatic heterocycles. The fourth-order valence-electron chi connectivity index (χ4n) is 2.14. The Morgan fingerprint density at radius 2 is 2.20 bits per heavy atom. The number of hydrogen-bond acceptors (Lipinski definition) is 5. The highest BCUT2D eigenvalue weighted by molar-refractivity contribution is 5.81. The number of pyridine rings is 1. The van der Waals surface area contributed by atoms with Crippen molar-refractivity contribution in [2.45, 2.75) is 6.92 Å². The first-order valence-electron chi connectivity index (χ1n) is 7.00. The maximum Gasteiger partial charge on any atom is 0.242 e. The van der Waals surface area contributed by atoms with Crippen LogP contribution in [0.1, 0.15) is 6.92 Å². The molecule has 1 aliphatic rings. The monoisotopic (exact) mass is 278 g/mol. The quantitative estimate of drug-likeness (QED) is 0.842. The van der Waals surface area contributed by atoms with E-state index in [2.05, 4.69) is 10.3 Å². The normalized spacial score (nSPS) is 15.0. The number of carbonyl (C=O) groups excluding carboxylic acids is 1. The van der Waals surface area contributed by atoms with Crippen molar-refractivity contribution in [3.8, 4) is 5.88 Å². The van der Waals surface area contributed by atoms with Gasteiger partial charge in [-0.05, 0) is 13.0 Å². The number of nitrogens with zero attached hydrogens (tertiary/aromatic N) is 3. The molecule has 0 atom stereocenters. The van der Waals surface area contributed by atoms with Crippen LogP contribution in [-0.2, 0) is 4.79 Å². The van der Waals surface area contributed by atoms with Crippen molar-refractivity contribution in [3.05, 3.63) is 18.2 Å². The van der Waals surface area contributed by atoms with Crippen LogP contribution in [0.25, 0.3) is 0 Å². The van der Waals surface area contributed by atoms with Crippen LogP contribution in [0.5, 0.6) is 5.88 Å². The molecular weight excluding hydrogens is 256 g/mol. The third kappa shape index (κ3) is 3.84. The van der Waals surface area contributed by atoms with Crippen molar-refractivity contribution in [3.63, 3.8) is 0 Å². The van der Waals surface area contributed by atoms with Gasteiger partial charge >= 0.3 is 0 Å². The van der Waals surface area contributed by atoms with Crippen molar-refractivity contribution in [2.24, 2.45) is 0 Å². The number of ether oxygens (including phenoxy) is 1.